The fraction of sp³-hybridized carbons (Fsp3) is 0.333. The second-order valence-electron chi connectivity index (χ2n) is 6.49. The van der Waals surface area contributed by atoms with E-state index in [0.29, 0.717) is 18.2 Å². The minimum absolute atomic E-state index is 0.0747. The van der Waals surface area contributed by atoms with Crippen LogP contribution < -0.4 is 15.5 Å². The zero-order valence-corrected chi connectivity index (χ0v) is 15.9. The lowest BCUT2D eigenvalue weighted by Gasteiger charge is -2.27. The molecule has 0 atom stereocenters. The molecule has 5 heteroatoms. The number of anilines is 2. The molecule has 0 aliphatic rings. The van der Waals surface area contributed by atoms with Crippen LogP contribution in [0.4, 0.5) is 11.4 Å². The third-order valence-corrected chi connectivity index (χ3v) is 4.18. The molecule has 138 valence electrons. The van der Waals surface area contributed by atoms with Gasteiger partial charge in [-0.25, -0.2) is 0 Å². The smallest absolute Gasteiger partial charge is 0.255 e. The predicted molar refractivity (Wildman–Crippen MR) is 107 cm³/mol. The Labute approximate surface area is 155 Å². The third kappa shape index (κ3) is 5.34. The van der Waals surface area contributed by atoms with Crippen LogP contribution >= 0.6 is 0 Å². The number of nitrogens with zero attached hydrogens (tertiary/aromatic N) is 1. The molecule has 0 saturated carbocycles. The molecule has 2 amide bonds. The van der Waals surface area contributed by atoms with Crippen molar-refractivity contribution < 1.29 is 9.59 Å². The topological polar surface area (TPSA) is 61.4 Å². The van der Waals surface area contributed by atoms with Gasteiger partial charge < -0.3 is 15.5 Å². The van der Waals surface area contributed by atoms with Gasteiger partial charge in [0.2, 0.25) is 5.91 Å². The summed E-state index contributed by atoms with van der Waals surface area (Å²) in [6.45, 7) is 9.33. The van der Waals surface area contributed by atoms with Gasteiger partial charge in [0.1, 0.15) is 0 Å². The minimum atomic E-state index is -0.153. The molecule has 2 aromatic rings. The van der Waals surface area contributed by atoms with Crippen LogP contribution in [0.25, 0.3) is 0 Å². The lowest BCUT2D eigenvalue weighted by Crippen LogP contribution is -2.30. The van der Waals surface area contributed by atoms with Crippen LogP contribution in [0.15, 0.2) is 48.5 Å². The van der Waals surface area contributed by atoms with Gasteiger partial charge in [0.05, 0.1) is 0 Å². The van der Waals surface area contributed by atoms with E-state index in [9.17, 15) is 9.59 Å². The van der Waals surface area contributed by atoms with Gasteiger partial charge in [0.15, 0.2) is 0 Å². The quantitative estimate of drug-likeness (QED) is 0.796. The second kappa shape index (κ2) is 9.04. The molecule has 0 fully saturated rings. The first-order chi connectivity index (χ1) is 12.4. The number of hydrogen-bond acceptors (Lipinski definition) is 3. The summed E-state index contributed by atoms with van der Waals surface area (Å²) in [5, 5.41) is 5.65. The average molecular weight is 353 g/mol. The van der Waals surface area contributed by atoms with E-state index in [0.717, 1.165) is 23.5 Å². The van der Waals surface area contributed by atoms with Crippen LogP contribution in [-0.4, -0.2) is 24.4 Å². The molecule has 5 nitrogen and oxygen atoms in total. The summed E-state index contributed by atoms with van der Waals surface area (Å²) in [6.07, 6.45) is 0. The zero-order valence-electron chi connectivity index (χ0n) is 15.9. The summed E-state index contributed by atoms with van der Waals surface area (Å²) in [5.41, 5.74) is 3.44. The van der Waals surface area contributed by atoms with Gasteiger partial charge >= 0.3 is 0 Å². The van der Waals surface area contributed by atoms with Crippen LogP contribution in [-0.2, 0) is 11.3 Å². The van der Waals surface area contributed by atoms with E-state index in [1.165, 1.54) is 6.92 Å². The molecule has 0 radical (unpaired) electrons. The zero-order chi connectivity index (χ0) is 19.1. The monoisotopic (exact) mass is 353 g/mol. The van der Waals surface area contributed by atoms with Gasteiger partial charge in [0.25, 0.3) is 5.91 Å². The number of hydrogen-bond donors (Lipinski definition) is 2. The van der Waals surface area contributed by atoms with Crippen LogP contribution in [0, 0.1) is 0 Å². The molecule has 0 bridgehead atoms. The number of carbonyl (C=O) groups excluding carboxylic acids is 2. The molecule has 2 aromatic carbocycles. The fourth-order valence-corrected chi connectivity index (χ4v) is 2.79. The molecular formula is C21H27N3O2. The van der Waals surface area contributed by atoms with Crippen molar-refractivity contribution in [3.8, 4) is 0 Å². The Bertz CT molecular complexity index is 737. The molecule has 0 unspecified atom stereocenters. The summed E-state index contributed by atoms with van der Waals surface area (Å²) in [6, 6.07) is 15.5. The Morgan fingerprint density at radius 2 is 1.62 bits per heavy atom. The van der Waals surface area contributed by atoms with Crippen molar-refractivity contribution in [3.05, 3.63) is 59.7 Å². The van der Waals surface area contributed by atoms with Crippen molar-refractivity contribution in [2.75, 3.05) is 16.8 Å². The largest absolute Gasteiger partial charge is 0.369 e. The van der Waals surface area contributed by atoms with Gasteiger partial charge in [-0.3, -0.25) is 9.59 Å². The maximum atomic E-state index is 12.4. The number of benzene rings is 2. The Morgan fingerprint density at radius 1 is 1.00 bits per heavy atom. The van der Waals surface area contributed by atoms with Gasteiger partial charge in [0, 0.05) is 43.0 Å². The van der Waals surface area contributed by atoms with Crippen LogP contribution in [0.3, 0.4) is 0 Å². The van der Waals surface area contributed by atoms with Crippen LogP contribution in [0.5, 0.6) is 0 Å². The third-order valence-electron chi connectivity index (χ3n) is 4.18. The summed E-state index contributed by atoms with van der Waals surface area (Å²) in [5.74, 6) is -0.227. The van der Waals surface area contributed by atoms with Crippen molar-refractivity contribution >= 4 is 23.2 Å². The Balaban J connectivity index is 1.99. The lowest BCUT2D eigenvalue weighted by molar-refractivity contribution is -0.119. The second-order valence-corrected chi connectivity index (χ2v) is 6.49. The van der Waals surface area contributed by atoms with Crippen LogP contribution in [0.2, 0.25) is 0 Å². The maximum Gasteiger partial charge on any atom is 0.255 e. The lowest BCUT2D eigenvalue weighted by atomic mass is 10.1. The molecule has 2 N–H and O–H groups in total. The normalized spacial score (nSPS) is 10.5. The summed E-state index contributed by atoms with van der Waals surface area (Å²) < 4.78 is 0. The van der Waals surface area contributed by atoms with E-state index < -0.39 is 0 Å². The molecule has 0 spiro atoms. The number of rotatable bonds is 7. The molecule has 0 aliphatic carbocycles. The first kappa shape index (κ1) is 19.5. The highest BCUT2D eigenvalue weighted by Crippen LogP contribution is 2.20. The van der Waals surface area contributed by atoms with E-state index in [4.69, 9.17) is 0 Å². The van der Waals surface area contributed by atoms with E-state index in [1.54, 1.807) is 12.1 Å². The molecular weight excluding hydrogens is 326 g/mol. The van der Waals surface area contributed by atoms with E-state index in [2.05, 4.69) is 36.3 Å². The van der Waals surface area contributed by atoms with Crippen molar-refractivity contribution in [2.24, 2.45) is 0 Å². The first-order valence-corrected chi connectivity index (χ1v) is 8.92. The Kier molecular flexibility index (Phi) is 6.78. The van der Waals surface area contributed by atoms with Gasteiger partial charge in [-0.1, -0.05) is 12.1 Å². The van der Waals surface area contributed by atoms with Crippen molar-refractivity contribution in [1.29, 1.82) is 0 Å². The highest BCUT2D eigenvalue weighted by molar-refractivity contribution is 6.04. The molecule has 0 heterocycles. The van der Waals surface area contributed by atoms with Gasteiger partial charge in [-0.05, 0) is 62.7 Å². The Morgan fingerprint density at radius 3 is 2.12 bits per heavy atom. The predicted octanol–water partition coefficient (Wildman–Crippen LogP) is 3.81. The van der Waals surface area contributed by atoms with Crippen molar-refractivity contribution in [2.45, 2.75) is 40.3 Å². The molecule has 0 saturated heterocycles. The summed E-state index contributed by atoms with van der Waals surface area (Å²) in [4.78, 5) is 25.6. The first-order valence-electron chi connectivity index (χ1n) is 8.92. The van der Waals surface area contributed by atoms with Gasteiger partial charge in [-0.2, -0.15) is 0 Å². The SMILES string of the molecule is CCN(c1ccc(NC(=O)c2ccc(CNC(C)=O)cc2)cc1)C(C)C. The summed E-state index contributed by atoms with van der Waals surface area (Å²) in [7, 11) is 0. The van der Waals surface area contributed by atoms with Gasteiger partial charge in [-0.15, -0.1) is 0 Å². The number of nitrogens with one attached hydrogen (secondary N) is 2. The molecule has 26 heavy (non-hydrogen) atoms. The van der Waals surface area contributed by atoms with Crippen molar-refractivity contribution in [3.63, 3.8) is 0 Å². The highest BCUT2D eigenvalue weighted by atomic mass is 16.2. The van der Waals surface area contributed by atoms with Crippen molar-refractivity contribution in [1.82, 2.24) is 5.32 Å². The Hall–Kier alpha value is -2.82. The van der Waals surface area contributed by atoms with Crippen LogP contribution in [0.1, 0.15) is 43.6 Å². The molecule has 0 aromatic heterocycles. The minimum Gasteiger partial charge on any atom is -0.369 e. The van der Waals surface area contributed by atoms with E-state index in [-0.39, 0.29) is 11.8 Å². The highest BCUT2D eigenvalue weighted by Gasteiger charge is 2.09. The molecule has 0 aliphatic heterocycles. The number of amides is 2. The standard InChI is InChI=1S/C21H27N3O2/c1-5-24(15(2)3)20-12-10-19(11-13-20)23-21(26)18-8-6-17(7-9-18)14-22-16(4)25/h6-13,15H,5,14H2,1-4H3,(H,22,25)(H,23,26). The molecule has 2 rings (SSSR count). The summed E-state index contributed by atoms with van der Waals surface area (Å²) >= 11 is 0. The number of carbonyl (C=O) groups is 2. The van der Waals surface area contributed by atoms with E-state index in [1.807, 2.05) is 36.4 Å². The fourth-order valence-electron chi connectivity index (χ4n) is 2.79. The average Bonchev–Trinajstić information content (AvgIpc) is 2.62. The van der Waals surface area contributed by atoms with E-state index >= 15 is 0 Å². The maximum absolute atomic E-state index is 12.4.